The maximum atomic E-state index is 12.6. The van der Waals surface area contributed by atoms with E-state index in [0.29, 0.717) is 5.56 Å². The molecule has 7 heteroatoms. The Bertz CT molecular complexity index is 690. The largest absolute Gasteiger partial charge is 0.429 e. The quantitative estimate of drug-likeness (QED) is 0.814. The van der Waals surface area contributed by atoms with Gasteiger partial charge < -0.3 is 15.6 Å². The summed E-state index contributed by atoms with van der Waals surface area (Å²) in [6, 6.07) is 5.78. The minimum Gasteiger partial charge on any atom is -0.429 e. The van der Waals surface area contributed by atoms with Gasteiger partial charge in [0.15, 0.2) is 0 Å². The number of hydrogen-bond acceptors (Lipinski definition) is 5. The number of amides is 1. The second-order valence-corrected chi connectivity index (χ2v) is 7.65. The Balaban J connectivity index is 3.23. The van der Waals surface area contributed by atoms with Crippen LogP contribution >= 0.6 is 0 Å². The van der Waals surface area contributed by atoms with E-state index >= 15 is 0 Å². The third-order valence-electron chi connectivity index (χ3n) is 2.71. The first-order chi connectivity index (χ1) is 10.1. The highest BCUT2D eigenvalue weighted by Gasteiger charge is 2.40. The molecule has 0 bridgehead atoms. The number of hydrogen-bond donors (Lipinski definition) is 2. The lowest BCUT2D eigenvalue weighted by atomic mass is 9.98. The number of primary amides is 1. The summed E-state index contributed by atoms with van der Waals surface area (Å²) in [4.78, 5) is 11.0. The molecule has 0 heterocycles. The zero-order valence-electron chi connectivity index (χ0n) is 12.7. The van der Waals surface area contributed by atoms with Crippen molar-refractivity contribution in [3.8, 4) is 11.8 Å². The molecule has 22 heavy (non-hydrogen) atoms. The Kier molecular flexibility index (Phi) is 5.58. The normalized spacial score (nSPS) is 12.9. The Morgan fingerprint density at radius 1 is 1.32 bits per heavy atom. The molecule has 3 N–H and O–H groups in total. The first-order valence-electron chi connectivity index (χ1n) is 6.49. The van der Waals surface area contributed by atoms with Crippen LogP contribution < -0.4 is 5.73 Å². The van der Waals surface area contributed by atoms with E-state index in [1.54, 1.807) is 20.8 Å². The predicted molar refractivity (Wildman–Crippen MR) is 81.5 cm³/mol. The maximum absolute atomic E-state index is 12.6. The average molecular weight is 325 g/mol. The van der Waals surface area contributed by atoms with E-state index in [0.717, 1.165) is 0 Å². The van der Waals surface area contributed by atoms with E-state index < -0.39 is 26.8 Å². The molecule has 1 rings (SSSR count). The molecular formula is C15H19NO5S. The lowest BCUT2D eigenvalue weighted by Gasteiger charge is -2.29. The number of carbonyl (C=O) groups excluding carboxylic acids is 1. The molecule has 0 fully saturated rings. The lowest BCUT2D eigenvalue weighted by Crippen LogP contribution is -2.40. The SMILES string of the molecule is CC(C)(C)C(OC(N)=O)S(=O)(=O)c1ccc(C#CCO)cc1. The topological polar surface area (TPSA) is 107 Å². The molecule has 1 amide bonds. The molecule has 0 aliphatic heterocycles. The fourth-order valence-corrected chi connectivity index (χ4v) is 3.72. The summed E-state index contributed by atoms with van der Waals surface area (Å²) >= 11 is 0. The molecule has 1 atom stereocenters. The molecule has 1 unspecified atom stereocenters. The zero-order valence-corrected chi connectivity index (χ0v) is 13.5. The van der Waals surface area contributed by atoms with E-state index in [1.165, 1.54) is 24.3 Å². The molecular weight excluding hydrogens is 306 g/mol. The average Bonchev–Trinajstić information content (AvgIpc) is 2.41. The summed E-state index contributed by atoms with van der Waals surface area (Å²) in [5, 5.41) is 8.63. The molecule has 1 aromatic rings. The number of carbonyl (C=O) groups is 1. The standard InChI is InChI=1S/C15H19NO5S/c1-15(2,3)13(21-14(16)18)22(19,20)12-8-6-11(7-9-12)5-4-10-17/h6-9,13,17H,10H2,1-3H3,(H2,16,18). The van der Waals surface area contributed by atoms with Gasteiger partial charge in [-0.3, -0.25) is 0 Å². The molecule has 0 spiro atoms. The van der Waals surface area contributed by atoms with E-state index in [2.05, 4.69) is 11.8 Å². The highest BCUT2D eigenvalue weighted by molar-refractivity contribution is 7.92. The van der Waals surface area contributed by atoms with Crippen molar-refractivity contribution in [2.24, 2.45) is 11.1 Å². The highest BCUT2D eigenvalue weighted by atomic mass is 32.2. The number of ether oxygens (including phenoxy) is 1. The van der Waals surface area contributed by atoms with Crippen LogP contribution in [0.2, 0.25) is 0 Å². The van der Waals surface area contributed by atoms with Crippen molar-refractivity contribution >= 4 is 15.9 Å². The number of rotatable bonds is 3. The molecule has 1 aromatic carbocycles. The number of nitrogens with two attached hydrogens (primary N) is 1. The van der Waals surface area contributed by atoms with Crippen molar-refractivity contribution in [1.29, 1.82) is 0 Å². The first-order valence-corrected chi connectivity index (χ1v) is 8.03. The zero-order chi connectivity index (χ0) is 17.0. The highest BCUT2D eigenvalue weighted by Crippen LogP contribution is 2.31. The molecule has 0 aromatic heterocycles. The van der Waals surface area contributed by atoms with Gasteiger partial charge in [-0.25, -0.2) is 13.2 Å². The lowest BCUT2D eigenvalue weighted by molar-refractivity contribution is 0.0868. The van der Waals surface area contributed by atoms with Crippen LogP contribution in [-0.4, -0.2) is 31.7 Å². The first kappa shape index (κ1) is 18.0. The summed E-state index contributed by atoms with van der Waals surface area (Å²) in [5.74, 6) is 5.13. The predicted octanol–water partition coefficient (Wildman–Crippen LogP) is 1.27. The minimum atomic E-state index is -3.91. The number of aliphatic hydroxyl groups is 1. The fraction of sp³-hybridized carbons (Fsp3) is 0.400. The Labute approximate surface area is 130 Å². The third-order valence-corrected chi connectivity index (χ3v) is 5.00. The van der Waals surface area contributed by atoms with Gasteiger partial charge in [-0.05, 0) is 24.3 Å². The van der Waals surface area contributed by atoms with Gasteiger partial charge in [0.25, 0.3) is 0 Å². The van der Waals surface area contributed by atoms with Crippen LogP contribution in [0, 0.1) is 17.3 Å². The van der Waals surface area contributed by atoms with E-state index in [4.69, 9.17) is 15.6 Å². The second-order valence-electron chi connectivity index (χ2n) is 5.66. The van der Waals surface area contributed by atoms with E-state index in [9.17, 15) is 13.2 Å². The monoisotopic (exact) mass is 325 g/mol. The fourth-order valence-electron chi connectivity index (χ4n) is 1.80. The van der Waals surface area contributed by atoms with E-state index in [1.807, 2.05) is 0 Å². The third kappa shape index (κ3) is 4.48. The van der Waals surface area contributed by atoms with Gasteiger partial charge in [-0.15, -0.1) is 0 Å². The van der Waals surface area contributed by atoms with Crippen molar-refractivity contribution in [2.45, 2.75) is 31.1 Å². The molecule has 0 radical (unpaired) electrons. The molecule has 6 nitrogen and oxygen atoms in total. The summed E-state index contributed by atoms with van der Waals surface area (Å²) in [7, 11) is -3.91. The minimum absolute atomic E-state index is 0.00298. The molecule has 0 saturated carbocycles. The Morgan fingerprint density at radius 3 is 2.27 bits per heavy atom. The molecule has 0 aliphatic rings. The van der Waals surface area contributed by atoms with Crippen molar-refractivity contribution in [1.82, 2.24) is 0 Å². The van der Waals surface area contributed by atoms with Crippen molar-refractivity contribution in [3.05, 3.63) is 29.8 Å². The summed E-state index contributed by atoms with van der Waals surface area (Å²) in [5.41, 5.74) is 3.30. The van der Waals surface area contributed by atoms with Gasteiger partial charge in [-0.1, -0.05) is 32.6 Å². The van der Waals surface area contributed by atoms with Crippen molar-refractivity contribution in [3.63, 3.8) is 0 Å². The maximum Gasteiger partial charge on any atom is 0.405 e. The molecule has 0 aliphatic carbocycles. The van der Waals surface area contributed by atoms with Gasteiger partial charge in [-0.2, -0.15) is 0 Å². The smallest absolute Gasteiger partial charge is 0.405 e. The van der Waals surface area contributed by atoms with Gasteiger partial charge in [0.1, 0.15) is 6.61 Å². The van der Waals surface area contributed by atoms with Crippen molar-refractivity contribution < 1.29 is 23.1 Å². The van der Waals surface area contributed by atoms with Gasteiger partial charge in [0, 0.05) is 11.0 Å². The van der Waals surface area contributed by atoms with Crippen LogP contribution in [0.3, 0.4) is 0 Å². The number of benzene rings is 1. The van der Waals surface area contributed by atoms with E-state index in [-0.39, 0.29) is 11.5 Å². The molecule has 0 saturated heterocycles. The van der Waals surface area contributed by atoms with Crippen LogP contribution in [0.5, 0.6) is 0 Å². The number of aliphatic hydroxyl groups excluding tert-OH is 1. The second kappa shape index (κ2) is 6.81. The van der Waals surface area contributed by atoms with Crippen LogP contribution in [0.4, 0.5) is 4.79 Å². The van der Waals surface area contributed by atoms with Crippen LogP contribution in [0.15, 0.2) is 29.2 Å². The van der Waals surface area contributed by atoms with Gasteiger partial charge in [0.05, 0.1) is 4.90 Å². The van der Waals surface area contributed by atoms with Gasteiger partial charge in [0.2, 0.25) is 15.3 Å². The summed E-state index contributed by atoms with van der Waals surface area (Å²) in [6.45, 7) is 4.64. The van der Waals surface area contributed by atoms with Crippen LogP contribution in [-0.2, 0) is 14.6 Å². The van der Waals surface area contributed by atoms with Gasteiger partial charge >= 0.3 is 6.09 Å². The number of sulfone groups is 1. The summed E-state index contributed by atoms with van der Waals surface area (Å²) < 4.78 is 30.1. The summed E-state index contributed by atoms with van der Waals surface area (Å²) in [6.07, 6.45) is -1.14. The van der Waals surface area contributed by atoms with Crippen LogP contribution in [0.25, 0.3) is 0 Å². The Morgan fingerprint density at radius 2 is 1.86 bits per heavy atom. The van der Waals surface area contributed by atoms with Crippen LogP contribution in [0.1, 0.15) is 26.3 Å². The van der Waals surface area contributed by atoms with Crippen molar-refractivity contribution in [2.75, 3.05) is 6.61 Å². The Hall–Kier alpha value is -2.04. The molecule has 120 valence electrons.